The van der Waals surface area contributed by atoms with Crippen molar-refractivity contribution >= 4 is 5.91 Å². The summed E-state index contributed by atoms with van der Waals surface area (Å²) in [6.07, 6.45) is 0. The molecule has 1 amide bonds. The Labute approximate surface area is 112 Å². The maximum absolute atomic E-state index is 13.2. The molecule has 0 aliphatic carbocycles. The molecule has 0 saturated heterocycles. The highest BCUT2D eigenvalue weighted by atomic mass is 19.1. The molecule has 0 bridgehead atoms. The van der Waals surface area contributed by atoms with Gasteiger partial charge >= 0.3 is 0 Å². The van der Waals surface area contributed by atoms with Gasteiger partial charge < -0.3 is 5.32 Å². The van der Waals surface area contributed by atoms with Crippen molar-refractivity contribution in [2.45, 2.75) is 20.4 Å². The lowest BCUT2D eigenvalue weighted by molar-refractivity contribution is -0.122. The quantitative estimate of drug-likeness (QED) is 0.849. The van der Waals surface area contributed by atoms with Crippen LogP contribution in [0.25, 0.3) is 0 Å². The van der Waals surface area contributed by atoms with Crippen LogP contribution in [0.2, 0.25) is 0 Å². The molecule has 1 N–H and O–H groups in total. The Balaban J connectivity index is 2.78. The Morgan fingerprint density at radius 2 is 2.21 bits per heavy atom. The van der Waals surface area contributed by atoms with Crippen LogP contribution in [-0.2, 0) is 11.3 Å². The molecule has 0 radical (unpaired) electrons. The lowest BCUT2D eigenvalue weighted by Gasteiger charge is -2.20. The van der Waals surface area contributed by atoms with E-state index in [1.165, 1.54) is 18.2 Å². The van der Waals surface area contributed by atoms with Crippen LogP contribution >= 0.6 is 0 Å². The van der Waals surface area contributed by atoms with Gasteiger partial charge in [-0.15, -0.1) is 0 Å². The van der Waals surface area contributed by atoms with Crippen LogP contribution in [0.3, 0.4) is 0 Å². The largest absolute Gasteiger partial charge is 0.355 e. The third kappa shape index (κ3) is 4.68. The van der Waals surface area contributed by atoms with Gasteiger partial charge in [0.05, 0.1) is 18.2 Å². The van der Waals surface area contributed by atoms with Crippen molar-refractivity contribution in [3.63, 3.8) is 0 Å². The van der Waals surface area contributed by atoms with Crippen LogP contribution in [0.15, 0.2) is 18.2 Å². The van der Waals surface area contributed by atoms with E-state index in [4.69, 9.17) is 5.26 Å². The lowest BCUT2D eigenvalue weighted by atomic mass is 10.1. The molecule has 0 fully saturated rings. The molecule has 0 aliphatic rings. The summed E-state index contributed by atoms with van der Waals surface area (Å²) in [5.74, 6) is -0.442. The molecule has 4 nitrogen and oxygen atoms in total. The van der Waals surface area contributed by atoms with Crippen LogP contribution in [0.1, 0.15) is 25.0 Å². The third-order valence-electron chi connectivity index (χ3n) is 2.77. The number of carbonyl (C=O) groups excluding carboxylic acids is 1. The van der Waals surface area contributed by atoms with Gasteiger partial charge in [-0.1, -0.05) is 6.92 Å². The number of nitrogens with zero attached hydrogens (tertiary/aromatic N) is 2. The van der Waals surface area contributed by atoms with Gasteiger partial charge in [-0.25, -0.2) is 4.39 Å². The summed E-state index contributed by atoms with van der Waals surface area (Å²) in [7, 11) is 0. The highest BCUT2D eigenvalue weighted by Gasteiger charge is 2.12. The van der Waals surface area contributed by atoms with Crippen molar-refractivity contribution in [3.8, 4) is 6.07 Å². The molecular formula is C14H18FN3O. The number of carbonyl (C=O) groups is 1. The van der Waals surface area contributed by atoms with Crippen molar-refractivity contribution in [1.29, 1.82) is 5.26 Å². The third-order valence-corrected chi connectivity index (χ3v) is 2.77. The Kier molecular flexibility index (Phi) is 5.97. The Morgan fingerprint density at radius 3 is 2.79 bits per heavy atom. The Hall–Kier alpha value is -1.93. The number of halogens is 1. The fourth-order valence-corrected chi connectivity index (χ4v) is 1.78. The number of nitrogens with one attached hydrogen (secondary N) is 1. The highest BCUT2D eigenvalue weighted by molar-refractivity contribution is 5.77. The smallest absolute Gasteiger partial charge is 0.234 e. The number of rotatable bonds is 6. The van der Waals surface area contributed by atoms with Crippen LogP contribution < -0.4 is 5.32 Å². The lowest BCUT2D eigenvalue weighted by Crippen LogP contribution is -2.36. The monoisotopic (exact) mass is 263 g/mol. The first-order valence-electron chi connectivity index (χ1n) is 6.28. The van der Waals surface area contributed by atoms with Crippen LogP contribution in [-0.4, -0.2) is 30.4 Å². The predicted octanol–water partition coefficient (Wildman–Crippen LogP) is 1.66. The van der Waals surface area contributed by atoms with Gasteiger partial charge in [0.25, 0.3) is 0 Å². The zero-order valence-electron chi connectivity index (χ0n) is 11.2. The second kappa shape index (κ2) is 7.49. The van der Waals surface area contributed by atoms with Crippen molar-refractivity contribution < 1.29 is 9.18 Å². The molecular weight excluding hydrogens is 245 g/mol. The zero-order chi connectivity index (χ0) is 14.3. The van der Waals surface area contributed by atoms with E-state index in [1.807, 2.05) is 24.8 Å². The highest BCUT2D eigenvalue weighted by Crippen LogP contribution is 2.13. The Morgan fingerprint density at radius 1 is 1.47 bits per heavy atom. The fourth-order valence-electron chi connectivity index (χ4n) is 1.78. The number of hydrogen-bond donors (Lipinski definition) is 1. The molecule has 0 aliphatic heterocycles. The van der Waals surface area contributed by atoms with E-state index in [-0.39, 0.29) is 18.3 Å². The standard InChI is InChI=1S/C14H18FN3O/c1-3-17-14(19)10-18(4-2)9-12-7-13(15)6-5-11(12)8-16/h5-7H,3-4,9-10H2,1-2H3,(H,17,19). The van der Waals surface area contributed by atoms with Crippen LogP contribution in [0.5, 0.6) is 0 Å². The topological polar surface area (TPSA) is 56.1 Å². The van der Waals surface area contributed by atoms with Gasteiger partial charge in [-0.3, -0.25) is 9.69 Å². The van der Waals surface area contributed by atoms with Gasteiger partial charge in [0.2, 0.25) is 5.91 Å². The first kappa shape index (κ1) is 15.1. The molecule has 1 aromatic rings. The molecule has 0 spiro atoms. The fraction of sp³-hybridized carbons (Fsp3) is 0.429. The van der Waals surface area contributed by atoms with Gasteiger partial charge in [-0.2, -0.15) is 5.26 Å². The molecule has 19 heavy (non-hydrogen) atoms. The normalized spacial score (nSPS) is 10.3. The summed E-state index contributed by atoms with van der Waals surface area (Å²) in [6.45, 7) is 5.64. The summed E-state index contributed by atoms with van der Waals surface area (Å²) >= 11 is 0. The minimum Gasteiger partial charge on any atom is -0.355 e. The van der Waals surface area contributed by atoms with Gasteiger partial charge in [0.1, 0.15) is 5.82 Å². The minimum atomic E-state index is -0.372. The summed E-state index contributed by atoms with van der Waals surface area (Å²) in [5, 5.41) is 11.7. The summed E-state index contributed by atoms with van der Waals surface area (Å²) < 4.78 is 13.2. The van der Waals surface area contributed by atoms with Gasteiger partial charge in [0.15, 0.2) is 0 Å². The number of hydrogen-bond acceptors (Lipinski definition) is 3. The van der Waals surface area contributed by atoms with E-state index < -0.39 is 0 Å². The van der Waals surface area contributed by atoms with Crippen molar-refractivity contribution in [3.05, 3.63) is 35.1 Å². The molecule has 1 aromatic carbocycles. The summed E-state index contributed by atoms with van der Waals surface area (Å²) in [4.78, 5) is 13.4. The number of amides is 1. The molecule has 102 valence electrons. The molecule has 5 heteroatoms. The SMILES string of the molecule is CCNC(=O)CN(CC)Cc1cc(F)ccc1C#N. The van der Waals surface area contributed by atoms with E-state index >= 15 is 0 Å². The van der Waals surface area contributed by atoms with E-state index in [2.05, 4.69) is 5.32 Å². The zero-order valence-corrected chi connectivity index (χ0v) is 11.2. The first-order chi connectivity index (χ1) is 9.10. The van der Waals surface area contributed by atoms with Gasteiger partial charge in [-0.05, 0) is 37.2 Å². The van der Waals surface area contributed by atoms with Crippen molar-refractivity contribution in [1.82, 2.24) is 10.2 Å². The number of benzene rings is 1. The van der Waals surface area contributed by atoms with E-state index in [9.17, 15) is 9.18 Å². The van der Waals surface area contributed by atoms with E-state index in [0.29, 0.717) is 30.8 Å². The number of nitriles is 1. The minimum absolute atomic E-state index is 0.0701. The second-order valence-electron chi connectivity index (χ2n) is 4.17. The second-order valence-corrected chi connectivity index (χ2v) is 4.17. The average Bonchev–Trinajstić information content (AvgIpc) is 2.38. The van der Waals surface area contributed by atoms with Crippen LogP contribution in [0, 0.1) is 17.1 Å². The molecule has 0 unspecified atom stereocenters. The molecule has 0 saturated carbocycles. The molecule has 1 rings (SSSR count). The maximum atomic E-state index is 13.2. The molecule has 0 atom stereocenters. The molecule has 0 heterocycles. The number of likely N-dealkylation sites (N-methyl/N-ethyl adjacent to an activating group) is 2. The van der Waals surface area contributed by atoms with Crippen molar-refractivity contribution in [2.24, 2.45) is 0 Å². The average molecular weight is 263 g/mol. The molecule has 0 aromatic heterocycles. The maximum Gasteiger partial charge on any atom is 0.234 e. The van der Waals surface area contributed by atoms with E-state index in [0.717, 1.165) is 0 Å². The summed E-state index contributed by atoms with van der Waals surface area (Å²) in [5.41, 5.74) is 1.05. The van der Waals surface area contributed by atoms with E-state index in [1.54, 1.807) is 0 Å². The van der Waals surface area contributed by atoms with Gasteiger partial charge in [0, 0.05) is 13.1 Å². The Bertz CT molecular complexity index is 482. The predicted molar refractivity (Wildman–Crippen MR) is 70.7 cm³/mol. The van der Waals surface area contributed by atoms with Crippen LogP contribution in [0.4, 0.5) is 4.39 Å². The van der Waals surface area contributed by atoms with Crippen molar-refractivity contribution in [2.75, 3.05) is 19.6 Å². The summed E-state index contributed by atoms with van der Waals surface area (Å²) in [6, 6.07) is 6.11. The first-order valence-corrected chi connectivity index (χ1v) is 6.28.